The molecule has 1 aromatic carbocycles. The summed E-state index contributed by atoms with van der Waals surface area (Å²) in [6.45, 7) is 4.72. The summed E-state index contributed by atoms with van der Waals surface area (Å²) in [5, 5.41) is 20.8. The molecule has 1 aromatic heterocycles. The summed E-state index contributed by atoms with van der Waals surface area (Å²) in [6, 6.07) is 4.13. The summed E-state index contributed by atoms with van der Waals surface area (Å²) in [5.41, 5.74) is -0.192. The Morgan fingerprint density at radius 2 is 2.07 bits per heavy atom. The molecule has 9 heteroatoms. The van der Waals surface area contributed by atoms with Crippen molar-refractivity contribution in [2.45, 2.75) is 25.9 Å². The van der Waals surface area contributed by atoms with E-state index in [1.165, 1.54) is 6.07 Å². The molecule has 0 amide bonds. The van der Waals surface area contributed by atoms with Crippen molar-refractivity contribution < 1.29 is 13.9 Å². The van der Waals surface area contributed by atoms with Gasteiger partial charge in [-0.15, -0.1) is 24.0 Å². The lowest BCUT2D eigenvalue weighted by molar-refractivity contribution is 0.0672. The Morgan fingerprint density at radius 3 is 2.70 bits per heavy atom. The van der Waals surface area contributed by atoms with Gasteiger partial charge in [-0.3, -0.25) is 4.68 Å². The second kappa shape index (κ2) is 10.5. The molecule has 0 aliphatic carbocycles. The van der Waals surface area contributed by atoms with E-state index >= 15 is 0 Å². The summed E-state index contributed by atoms with van der Waals surface area (Å²) >= 11 is 0. The Balaban J connectivity index is 0.00000364. The van der Waals surface area contributed by atoms with Crippen LogP contribution in [-0.4, -0.2) is 40.5 Å². The highest BCUT2D eigenvalue weighted by Gasteiger charge is 2.24. The first-order valence-corrected chi connectivity index (χ1v) is 8.50. The first kappa shape index (κ1) is 23.3. The number of rotatable bonds is 7. The number of aliphatic imine (C=N–C) groups is 1. The van der Waals surface area contributed by atoms with Gasteiger partial charge >= 0.3 is 0 Å². The van der Waals surface area contributed by atoms with Crippen LogP contribution in [0.1, 0.15) is 25.0 Å². The van der Waals surface area contributed by atoms with Gasteiger partial charge in [0, 0.05) is 31.9 Å². The molecule has 1 heterocycles. The number of benzene rings is 1. The highest BCUT2D eigenvalue weighted by atomic mass is 127. The lowest BCUT2D eigenvalue weighted by Gasteiger charge is -2.20. The minimum atomic E-state index is -1.16. The van der Waals surface area contributed by atoms with Crippen molar-refractivity contribution in [2.24, 2.45) is 12.0 Å². The van der Waals surface area contributed by atoms with Crippen molar-refractivity contribution in [1.29, 1.82) is 0 Å². The lowest BCUT2D eigenvalue weighted by atomic mass is 10.0. The lowest BCUT2D eigenvalue weighted by Crippen LogP contribution is -2.39. The molecule has 0 radical (unpaired) electrons. The van der Waals surface area contributed by atoms with E-state index in [4.69, 9.17) is 0 Å². The maximum Gasteiger partial charge on any atom is 0.191 e. The molecule has 0 aliphatic rings. The molecule has 1 unspecified atom stereocenters. The van der Waals surface area contributed by atoms with Crippen LogP contribution in [0, 0.1) is 11.6 Å². The van der Waals surface area contributed by atoms with E-state index in [-0.39, 0.29) is 30.5 Å². The van der Waals surface area contributed by atoms with E-state index in [2.05, 4.69) is 20.7 Å². The van der Waals surface area contributed by atoms with Gasteiger partial charge in [-0.2, -0.15) is 5.10 Å². The SMILES string of the molecule is CCNC(=NCC(C)(O)c1cnn(C)c1)NCCc1cccc(F)c1F.I. The average Bonchev–Trinajstić information content (AvgIpc) is 3.04. The normalized spacial score (nSPS) is 13.6. The smallest absolute Gasteiger partial charge is 0.191 e. The molecule has 2 aromatic rings. The standard InChI is InChI=1S/C18H25F2N5O.HI/c1-4-21-17(22-9-8-13-6-5-7-15(19)16(13)20)23-12-18(2,26)14-10-24-25(3)11-14;/h5-7,10-11,26H,4,8-9,12H2,1-3H3,(H2,21,22,23);1H. The molecule has 0 aliphatic heterocycles. The molecule has 3 N–H and O–H groups in total. The van der Waals surface area contributed by atoms with Gasteiger partial charge in [-0.25, -0.2) is 13.8 Å². The van der Waals surface area contributed by atoms with Crippen LogP contribution in [-0.2, 0) is 19.1 Å². The fraction of sp³-hybridized carbons (Fsp3) is 0.444. The Labute approximate surface area is 175 Å². The van der Waals surface area contributed by atoms with Gasteiger partial charge in [0.25, 0.3) is 0 Å². The largest absolute Gasteiger partial charge is 0.383 e. The van der Waals surface area contributed by atoms with Gasteiger partial charge in [-0.1, -0.05) is 12.1 Å². The van der Waals surface area contributed by atoms with Gasteiger partial charge < -0.3 is 15.7 Å². The van der Waals surface area contributed by atoms with Crippen molar-refractivity contribution >= 4 is 29.9 Å². The zero-order chi connectivity index (χ0) is 19.2. The fourth-order valence-corrected chi connectivity index (χ4v) is 2.42. The van der Waals surface area contributed by atoms with Crippen molar-refractivity contribution in [3.63, 3.8) is 0 Å². The predicted octanol–water partition coefficient (Wildman–Crippen LogP) is 2.32. The van der Waals surface area contributed by atoms with Gasteiger partial charge in [0.05, 0.1) is 12.7 Å². The Bertz CT molecular complexity index is 764. The maximum absolute atomic E-state index is 13.7. The molecule has 2 rings (SSSR count). The molecule has 1 atom stereocenters. The third-order valence-electron chi connectivity index (χ3n) is 3.93. The van der Waals surface area contributed by atoms with Crippen LogP contribution in [0.15, 0.2) is 35.6 Å². The number of hydrogen-bond acceptors (Lipinski definition) is 3. The van der Waals surface area contributed by atoms with Gasteiger partial charge in [0.1, 0.15) is 5.60 Å². The average molecular weight is 493 g/mol. The summed E-state index contributed by atoms with van der Waals surface area (Å²) in [5.74, 6) is -1.18. The maximum atomic E-state index is 13.7. The van der Waals surface area contributed by atoms with E-state index in [0.717, 1.165) is 6.07 Å². The molecule has 0 spiro atoms. The number of aliphatic hydroxyl groups is 1. The molecular formula is C18H26F2IN5O. The number of aromatic nitrogens is 2. The topological polar surface area (TPSA) is 74.5 Å². The van der Waals surface area contributed by atoms with Crippen molar-refractivity contribution in [1.82, 2.24) is 20.4 Å². The minimum absolute atomic E-state index is 0. The van der Waals surface area contributed by atoms with Crippen LogP contribution in [0.5, 0.6) is 0 Å². The zero-order valence-electron chi connectivity index (χ0n) is 15.7. The van der Waals surface area contributed by atoms with E-state index in [9.17, 15) is 13.9 Å². The minimum Gasteiger partial charge on any atom is -0.383 e. The van der Waals surface area contributed by atoms with Crippen molar-refractivity contribution in [3.05, 3.63) is 53.4 Å². The molecule has 0 fully saturated rings. The fourth-order valence-electron chi connectivity index (χ4n) is 2.42. The third kappa shape index (κ3) is 6.73. The number of nitrogens with one attached hydrogen (secondary N) is 2. The van der Waals surface area contributed by atoms with E-state index in [0.29, 0.717) is 36.6 Å². The summed E-state index contributed by atoms with van der Waals surface area (Å²) in [6.07, 6.45) is 3.65. The first-order chi connectivity index (χ1) is 12.3. The van der Waals surface area contributed by atoms with Gasteiger partial charge in [0.15, 0.2) is 17.6 Å². The number of hydrogen-bond donors (Lipinski definition) is 3. The summed E-state index contributed by atoms with van der Waals surface area (Å²) < 4.78 is 28.5. The van der Waals surface area contributed by atoms with Crippen molar-refractivity contribution in [2.75, 3.05) is 19.6 Å². The highest BCUT2D eigenvalue weighted by molar-refractivity contribution is 14.0. The molecular weight excluding hydrogens is 467 g/mol. The van der Waals surface area contributed by atoms with Crippen LogP contribution in [0.3, 0.4) is 0 Å². The predicted molar refractivity (Wildman–Crippen MR) is 112 cm³/mol. The third-order valence-corrected chi connectivity index (χ3v) is 3.93. The highest BCUT2D eigenvalue weighted by Crippen LogP contribution is 2.19. The molecule has 6 nitrogen and oxygen atoms in total. The van der Waals surface area contributed by atoms with E-state index < -0.39 is 17.2 Å². The number of halogens is 3. The molecule has 0 bridgehead atoms. The monoisotopic (exact) mass is 493 g/mol. The van der Waals surface area contributed by atoms with E-state index in [1.807, 2.05) is 6.92 Å². The van der Waals surface area contributed by atoms with Gasteiger partial charge in [0.2, 0.25) is 0 Å². The Morgan fingerprint density at radius 1 is 1.33 bits per heavy atom. The summed E-state index contributed by atoms with van der Waals surface area (Å²) in [7, 11) is 1.78. The second-order valence-electron chi connectivity index (χ2n) is 6.26. The van der Waals surface area contributed by atoms with Crippen molar-refractivity contribution in [3.8, 4) is 0 Å². The number of guanidine groups is 1. The second-order valence-corrected chi connectivity index (χ2v) is 6.26. The van der Waals surface area contributed by atoms with Gasteiger partial charge in [-0.05, 0) is 31.9 Å². The first-order valence-electron chi connectivity index (χ1n) is 8.50. The molecule has 0 saturated heterocycles. The Hall–Kier alpha value is -1.75. The molecule has 150 valence electrons. The van der Waals surface area contributed by atoms with Crippen LogP contribution in [0.25, 0.3) is 0 Å². The number of aryl methyl sites for hydroxylation is 1. The van der Waals surface area contributed by atoms with Crippen LogP contribution in [0.4, 0.5) is 8.78 Å². The number of nitrogens with zero attached hydrogens (tertiary/aromatic N) is 3. The van der Waals surface area contributed by atoms with Crippen LogP contribution in [0.2, 0.25) is 0 Å². The zero-order valence-corrected chi connectivity index (χ0v) is 18.0. The molecule has 0 saturated carbocycles. The quantitative estimate of drug-likeness (QED) is 0.315. The Kier molecular flexibility index (Phi) is 9.10. The summed E-state index contributed by atoms with van der Waals surface area (Å²) in [4.78, 5) is 4.38. The van der Waals surface area contributed by atoms with E-state index in [1.54, 1.807) is 37.1 Å². The molecule has 27 heavy (non-hydrogen) atoms. The van der Waals surface area contributed by atoms with Crippen LogP contribution < -0.4 is 10.6 Å². The van der Waals surface area contributed by atoms with Crippen LogP contribution >= 0.6 is 24.0 Å².